The van der Waals surface area contributed by atoms with Crippen LogP contribution in [0.4, 0.5) is 11.4 Å². The van der Waals surface area contributed by atoms with Gasteiger partial charge in [-0.05, 0) is 37.7 Å². The van der Waals surface area contributed by atoms with E-state index in [1.165, 1.54) is 0 Å². The topological polar surface area (TPSA) is 47.6 Å². The van der Waals surface area contributed by atoms with Crippen LogP contribution in [0, 0.1) is 11.8 Å². The van der Waals surface area contributed by atoms with Crippen LogP contribution in [0.1, 0.15) is 13.8 Å². The molecule has 0 spiro atoms. The second kappa shape index (κ2) is 11.9. The van der Waals surface area contributed by atoms with E-state index in [4.69, 9.17) is 0 Å². The van der Waals surface area contributed by atoms with Crippen LogP contribution in [0.15, 0.2) is 24.3 Å². The molecule has 2 fully saturated rings. The second-order valence-corrected chi connectivity index (χ2v) is 6.63. The molecule has 0 radical (unpaired) electrons. The molecule has 3 rings (SSSR count). The molecular weight excluding hydrogens is 395 g/mol. The van der Waals surface area contributed by atoms with Crippen LogP contribution < -0.4 is 15.5 Å². The van der Waals surface area contributed by atoms with Gasteiger partial charge < -0.3 is 20.4 Å². The second-order valence-electron chi connectivity index (χ2n) is 6.63. The molecule has 1 aromatic rings. The molecule has 0 bridgehead atoms. The lowest BCUT2D eigenvalue weighted by Gasteiger charge is -2.36. The van der Waals surface area contributed by atoms with Crippen molar-refractivity contribution in [2.45, 2.75) is 13.8 Å². The first-order valence-corrected chi connectivity index (χ1v) is 8.77. The standard InChI is InChI=1S/C18H28N4O.3ClH/c1-3-21-8-10-22(11-9-21)17-7-5-4-6-16(17)20-18(23)14(2)15-12-19-13-15;;;/h4-7,14-15,19H,3,8-13H2,1-2H3,(H,20,23);3*1H. The zero-order valence-electron chi connectivity index (χ0n) is 15.4. The van der Waals surface area contributed by atoms with E-state index in [-0.39, 0.29) is 49.0 Å². The summed E-state index contributed by atoms with van der Waals surface area (Å²) in [7, 11) is 0. The third-order valence-corrected chi connectivity index (χ3v) is 5.26. The van der Waals surface area contributed by atoms with Gasteiger partial charge in [-0.3, -0.25) is 4.79 Å². The minimum absolute atomic E-state index is 0. The number of amides is 1. The highest BCUT2D eigenvalue weighted by molar-refractivity contribution is 5.96. The first-order chi connectivity index (χ1) is 11.2. The van der Waals surface area contributed by atoms with E-state index in [1.54, 1.807) is 0 Å². The number of para-hydroxylation sites is 2. The predicted molar refractivity (Wildman–Crippen MR) is 117 cm³/mol. The third-order valence-electron chi connectivity index (χ3n) is 5.26. The molecule has 2 N–H and O–H groups in total. The normalized spacial score (nSPS) is 18.5. The zero-order valence-corrected chi connectivity index (χ0v) is 17.9. The van der Waals surface area contributed by atoms with E-state index in [9.17, 15) is 4.79 Å². The maximum Gasteiger partial charge on any atom is 0.227 e. The van der Waals surface area contributed by atoms with Crippen molar-refractivity contribution < 1.29 is 4.79 Å². The summed E-state index contributed by atoms with van der Waals surface area (Å²) in [6, 6.07) is 8.19. The fourth-order valence-electron chi connectivity index (χ4n) is 3.29. The molecule has 0 aliphatic carbocycles. The average Bonchev–Trinajstić information content (AvgIpc) is 2.54. The minimum atomic E-state index is 0. The fraction of sp³-hybridized carbons (Fsp3) is 0.611. The third kappa shape index (κ3) is 5.89. The average molecular weight is 426 g/mol. The number of nitrogens with zero attached hydrogens (tertiary/aromatic N) is 2. The number of carbonyl (C=O) groups is 1. The Hall–Kier alpha value is -0.720. The predicted octanol–water partition coefficient (Wildman–Crippen LogP) is 2.89. The van der Waals surface area contributed by atoms with Crippen LogP contribution in [0.3, 0.4) is 0 Å². The van der Waals surface area contributed by atoms with Crippen molar-refractivity contribution >= 4 is 54.5 Å². The summed E-state index contributed by atoms with van der Waals surface area (Å²) >= 11 is 0. The molecule has 1 atom stereocenters. The lowest BCUT2D eigenvalue weighted by atomic mass is 9.88. The summed E-state index contributed by atoms with van der Waals surface area (Å²) in [5.74, 6) is 0.660. The fourth-order valence-corrected chi connectivity index (χ4v) is 3.29. The van der Waals surface area contributed by atoms with Crippen molar-refractivity contribution in [3.63, 3.8) is 0 Å². The molecule has 2 heterocycles. The van der Waals surface area contributed by atoms with Crippen LogP contribution >= 0.6 is 37.2 Å². The van der Waals surface area contributed by atoms with Gasteiger partial charge in [-0.15, -0.1) is 37.2 Å². The number of likely N-dealkylation sites (N-methyl/N-ethyl adjacent to an activating group) is 1. The Kier molecular flexibility index (Phi) is 11.6. The molecule has 5 nitrogen and oxygen atoms in total. The summed E-state index contributed by atoms with van der Waals surface area (Å²) in [6.07, 6.45) is 0. The number of hydrogen-bond acceptors (Lipinski definition) is 4. The van der Waals surface area contributed by atoms with Gasteiger partial charge in [-0.25, -0.2) is 0 Å². The Labute approximate surface area is 175 Å². The number of carbonyl (C=O) groups excluding carboxylic acids is 1. The van der Waals surface area contributed by atoms with Gasteiger partial charge in [0.2, 0.25) is 5.91 Å². The lowest BCUT2D eigenvalue weighted by Crippen LogP contribution is -2.48. The summed E-state index contributed by atoms with van der Waals surface area (Å²) < 4.78 is 0. The van der Waals surface area contributed by atoms with Crippen LogP contribution in [0.25, 0.3) is 0 Å². The van der Waals surface area contributed by atoms with Gasteiger partial charge in [0, 0.05) is 32.1 Å². The van der Waals surface area contributed by atoms with Gasteiger partial charge in [0.1, 0.15) is 0 Å². The Morgan fingerprint density at radius 2 is 1.77 bits per heavy atom. The Morgan fingerprint density at radius 3 is 2.31 bits per heavy atom. The number of hydrogen-bond donors (Lipinski definition) is 2. The molecule has 8 heteroatoms. The molecular formula is C18H31Cl3N4O. The maximum atomic E-state index is 12.5. The van der Waals surface area contributed by atoms with Gasteiger partial charge in [0.15, 0.2) is 0 Å². The van der Waals surface area contributed by atoms with Crippen molar-refractivity contribution in [3.05, 3.63) is 24.3 Å². The molecule has 2 aliphatic rings. The number of benzene rings is 1. The molecule has 2 aliphatic heterocycles. The molecule has 0 aromatic heterocycles. The summed E-state index contributed by atoms with van der Waals surface area (Å²) in [6.45, 7) is 11.5. The largest absolute Gasteiger partial charge is 0.367 e. The number of nitrogens with one attached hydrogen (secondary N) is 2. The van der Waals surface area contributed by atoms with Gasteiger partial charge in [-0.2, -0.15) is 0 Å². The van der Waals surface area contributed by atoms with Crippen molar-refractivity contribution in [2.75, 3.05) is 56.0 Å². The van der Waals surface area contributed by atoms with Gasteiger partial charge in [0.05, 0.1) is 11.4 Å². The summed E-state index contributed by atoms with van der Waals surface area (Å²) in [5, 5.41) is 6.40. The highest BCUT2D eigenvalue weighted by atomic mass is 35.5. The molecule has 0 saturated carbocycles. The molecule has 1 unspecified atom stereocenters. The van der Waals surface area contributed by atoms with Gasteiger partial charge in [-0.1, -0.05) is 26.0 Å². The summed E-state index contributed by atoms with van der Waals surface area (Å²) in [4.78, 5) is 17.4. The quantitative estimate of drug-likeness (QED) is 0.761. The maximum absolute atomic E-state index is 12.5. The Bertz CT molecular complexity index is 549. The Balaban J connectivity index is 0.00000208. The van der Waals surface area contributed by atoms with E-state index in [2.05, 4.69) is 39.5 Å². The van der Waals surface area contributed by atoms with E-state index >= 15 is 0 Å². The van der Waals surface area contributed by atoms with Crippen molar-refractivity contribution in [1.82, 2.24) is 10.2 Å². The molecule has 26 heavy (non-hydrogen) atoms. The number of piperazine rings is 1. The van der Waals surface area contributed by atoms with E-state index in [0.29, 0.717) is 5.92 Å². The molecule has 1 aromatic carbocycles. The van der Waals surface area contributed by atoms with Crippen LogP contribution in [-0.2, 0) is 4.79 Å². The van der Waals surface area contributed by atoms with Crippen molar-refractivity contribution in [3.8, 4) is 0 Å². The van der Waals surface area contributed by atoms with Crippen molar-refractivity contribution in [1.29, 1.82) is 0 Å². The van der Waals surface area contributed by atoms with Gasteiger partial charge in [0.25, 0.3) is 0 Å². The Morgan fingerprint density at radius 1 is 1.15 bits per heavy atom. The number of halogens is 3. The van der Waals surface area contributed by atoms with Crippen molar-refractivity contribution in [2.24, 2.45) is 11.8 Å². The van der Waals surface area contributed by atoms with E-state index < -0.39 is 0 Å². The van der Waals surface area contributed by atoms with E-state index in [1.807, 2.05) is 19.1 Å². The van der Waals surface area contributed by atoms with E-state index in [0.717, 1.165) is 57.2 Å². The van der Waals surface area contributed by atoms with Crippen LogP contribution in [-0.4, -0.2) is 56.6 Å². The summed E-state index contributed by atoms with van der Waals surface area (Å²) in [5.41, 5.74) is 2.09. The highest BCUT2D eigenvalue weighted by Crippen LogP contribution is 2.28. The monoisotopic (exact) mass is 424 g/mol. The lowest BCUT2D eigenvalue weighted by molar-refractivity contribution is -0.121. The van der Waals surface area contributed by atoms with Gasteiger partial charge >= 0.3 is 0 Å². The number of rotatable bonds is 5. The van der Waals surface area contributed by atoms with Crippen LogP contribution in [0.5, 0.6) is 0 Å². The first kappa shape index (κ1) is 25.3. The molecule has 1 amide bonds. The number of anilines is 2. The molecule has 150 valence electrons. The SMILES string of the molecule is CCN1CCN(c2ccccc2NC(=O)C(C)C2CNC2)CC1.Cl.Cl.Cl. The molecule has 2 saturated heterocycles. The zero-order chi connectivity index (χ0) is 16.2. The highest BCUT2D eigenvalue weighted by Gasteiger charge is 2.29. The minimum Gasteiger partial charge on any atom is -0.367 e. The smallest absolute Gasteiger partial charge is 0.227 e. The first-order valence-electron chi connectivity index (χ1n) is 8.77. The van der Waals surface area contributed by atoms with Crippen LogP contribution in [0.2, 0.25) is 0 Å².